The van der Waals surface area contributed by atoms with Gasteiger partial charge < -0.3 is 4.74 Å². The van der Waals surface area contributed by atoms with Crippen LogP contribution in [0.5, 0.6) is 0 Å². The number of anilines is 1. The van der Waals surface area contributed by atoms with E-state index >= 15 is 0 Å². The van der Waals surface area contributed by atoms with E-state index in [1.165, 1.54) is 22.2 Å². The molecule has 0 atom stereocenters. The van der Waals surface area contributed by atoms with E-state index in [2.05, 4.69) is 15.2 Å². The third kappa shape index (κ3) is 3.46. The molecule has 3 aromatic rings. The Morgan fingerprint density at radius 2 is 1.89 bits per heavy atom. The van der Waals surface area contributed by atoms with Crippen LogP contribution in [0.3, 0.4) is 0 Å². The summed E-state index contributed by atoms with van der Waals surface area (Å²) in [6.45, 7) is 7.00. The highest BCUT2D eigenvalue weighted by atomic mass is 16.5. The maximum absolute atomic E-state index is 13.6. The Balaban J connectivity index is 2.10. The van der Waals surface area contributed by atoms with Gasteiger partial charge in [-0.25, -0.2) is 24.3 Å². The van der Waals surface area contributed by atoms with E-state index in [-0.39, 0.29) is 23.8 Å². The number of carbonyl (C=O) groups excluding carboxylic acids is 2. The van der Waals surface area contributed by atoms with Crippen molar-refractivity contribution in [2.75, 3.05) is 24.7 Å². The maximum Gasteiger partial charge on any atom is 0.342 e. The van der Waals surface area contributed by atoms with Crippen LogP contribution in [0.1, 0.15) is 41.6 Å². The zero-order chi connectivity index (χ0) is 20.3. The highest BCUT2D eigenvalue weighted by Gasteiger charge is 2.31. The van der Waals surface area contributed by atoms with Gasteiger partial charge in [-0.2, -0.15) is 10.2 Å². The number of nitrogens with zero attached hydrogens (tertiary/aromatic N) is 7. The summed E-state index contributed by atoms with van der Waals surface area (Å²) in [6.07, 6.45) is 4.52. The molecule has 0 spiro atoms. The lowest BCUT2D eigenvalue weighted by Crippen LogP contribution is -2.47. The summed E-state index contributed by atoms with van der Waals surface area (Å²) in [4.78, 5) is 30.0. The third-order valence-electron chi connectivity index (χ3n) is 4.35. The molecule has 0 N–H and O–H groups in total. The topological polar surface area (TPSA) is 97.9 Å². The number of hydrogen-bond donors (Lipinski definition) is 0. The van der Waals surface area contributed by atoms with Crippen molar-refractivity contribution in [1.82, 2.24) is 29.4 Å². The van der Waals surface area contributed by atoms with E-state index in [0.29, 0.717) is 24.4 Å². The maximum atomic E-state index is 13.6. The molecule has 0 saturated heterocycles. The normalized spacial score (nSPS) is 11.2. The summed E-state index contributed by atoms with van der Waals surface area (Å²) in [6, 6.07) is 3.57. The van der Waals surface area contributed by atoms with Crippen LogP contribution in [0.2, 0.25) is 0 Å². The van der Waals surface area contributed by atoms with E-state index in [9.17, 15) is 9.59 Å². The quantitative estimate of drug-likeness (QED) is 0.449. The number of ether oxygens (including phenoxy) is 1. The largest absolute Gasteiger partial charge is 0.462 e. The molecule has 0 unspecified atom stereocenters. The number of fused-ring (bicyclic) bond motifs is 1. The summed E-state index contributed by atoms with van der Waals surface area (Å²) < 4.78 is 8.06. The molecule has 10 nitrogen and oxygen atoms in total. The SMILES string of the molecule is CCOC(=O)c1cnn(C)c1C(=O)N(c1ccc2ncnn2c1)N(CC)CC. The fourth-order valence-corrected chi connectivity index (χ4v) is 3.00. The van der Waals surface area contributed by atoms with Crippen LogP contribution in [-0.4, -0.2) is 61.0 Å². The Kier molecular flexibility index (Phi) is 5.69. The minimum absolute atomic E-state index is 0.133. The zero-order valence-electron chi connectivity index (χ0n) is 16.4. The molecule has 0 saturated carbocycles. The van der Waals surface area contributed by atoms with Gasteiger partial charge in [0.15, 0.2) is 5.65 Å². The van der Waals surface area contributed by atoms with E-state index in [4.69, 9.17) is 4.74 Å². The molecule has 0 bridgehead atoms. The van der Waals surface area contributed by atoms with Crippen LogP contribution >= 0.6 is 0 Å². The summed E-state index contributed by atoms with van der Waals surface area (Å²) in [5.41, 5.74) is 1.56. The van der Waals surface area contributed by atoms with E-state index in [1.54, 1.807) is 36.8 Å². The molecule has 0 aliphatic heterocycles. The van der Waals surface area contributed by atoms with Crippen LogP contribution < -0.4 is 5.01 Å². The van der Waals surface area contributed by atoms with Gasteiger partial charge in [0.05, 0.1) is 24.7 Å². The van der Waals surface area contributed by atoms with Crippen LogP contribution in [0.4, 0.5) is 5.69 Å². The number of amides is 1. The third-order valence-corrected chi connectivity index (χ3v) is 4.35. The molecular weight excluding hydrogens is 362 g/mol. The minimum Gasteiger partial charge on any atom is -0.462 e. The molecular formula is C18H23N7O3. The number of carbonyl (C=O) groups is 2. The van der Waals surface area contributed by atoms with Crippen molar-refractivity contribution in [2.45, 2.75) is 20.8 Å². The van der Waals surface area contributed by atoms with Crippen molar-refractivity contribution in [3.8, 4) is 0 Å². The van der Waals surface area contributed by atoms with Crippen molar-refractivity contribution in [3.63, 3.8) is 0 Å². The molecule has 3 heterocycles. The molecule has 0 fully saturated rings. The Labute approximate surface area is 162 Å². The number of aryl methyl sites for hydroxylation is 1. The van der Waals surface area contributed by atoms with Gasteiger partial charge in [0.1, 0.15) is 17.6 Å². The zero-order valence-corrected chi connectivity index (χ0v) is 16.4. The first-order valence-electron chi connectivity index (χ1n) is 9.09. The van der Waals surface area contributed by atoms with Crippen LogP contribution in [0.25, 0.3) is 5.65 Å². The lowest BCUT2D eigenvalue weighted by molar-refractivity contribution is 0.0521. The number of rotatable bonds is 7. The standard InChI is InChI=1S/C18H23N7O3/c1-5-23(6-2)25(13-8-9-15-19-12-21-24(15)11-13)17(26)16-14(10-20-22(16)4)18(27)28-7-3/h8-12H,5-7H2,1-4H3. The van der Waals surface area contributed by atoms with Gasteiger partial charge in [0.25, 0.3) is 5.91 Å². The first kappa shape index (κ1) is 19.5. The fraction of sp³-hybridized carbons (Fsp3) is 0.389. The summed E-state index contributed by atoms with van der Waals surface area (Å²) in [7, 11) is 1.62. The molecule has 0 radical (unpaired) electrons. The predicted molar refractivity (Wildman–Crippen MR) is 102 cm³/mol. The molecule has 0 aliphatic carbocycles. The van der Waals surface area contributed by atoms with Crippen molar-refractivity contribution in [3.05, 3.63) is 42.1 Å². The molecule has 3 aromatic heterocycles. The van der Waals surface area contributed by atoms with Crippen molar-refractivity contribution in [1.29, 1.82) is 0 Å². The van der Waals surface area contributed by atoms with E-state index in [0.717, 1.165) is 0 Å². The van der Waals surface area contributed by atoms with Crippen LogP contribution in [0.15, 0.2) is 30.9 Å². The first-order chi connectivity index (χ1) is 13.5. The smallest absolute Gasteiger partial charge is 0.342 e. The molecule has 0 aliphatic rings. The summed E-state index contributed by atoms with van der Waals surface area (Å²) >= 11 is 0. The molecule has 3 rings (SSSR count). The second-order valence-electron chi connectivity index (χ2n) is 5.96. The monoisotopic (exact) mass is 385 g/mol. The van der Waals surface area contributed by atoms with Gasteiger partial charge in [-0.15, -0.1) is 0 Å². The van der Waals surface area contributed by atoms with E-state index < -0.39 is 5.97 Å². The Morgan fingerprint density at radius 1 is 1.14 bits per heavy atom. The van der Waals surface area contributed by atoms with Gasteiger partial charge in [0.2, 0.25) is 0 Å². The van der Waals surface area contributed by atoms with Crippen molar-refractivity contribution < 1.29 is 14.3 Å². The second-order valence-corrected chi connectivity index (χ2v) is 5.96. The van der Waals surface area contributed by atoms with Gasteiger partial charge in [-0.05, 0) is 19.1 Å². The van der Waals surface area contributed by atoms with Gasteiger partial charge >= 0.3 is 5.97 Å². The lowest BCUT2D eigenvalue weighted by Gasteiger charge is -2.33. The average molecular weight is 385 g/mol. The molecule has 1 amide bonds. The van der Waals surface area contributed by atoms with Crippen LogP contribution in [0, 0.1) is 0 Å². The lowest BCUT2D eigenvalue weighted by atomic mass is 10.2. The van der Waals surface area contributed by atoms with E-state index in [1.807, 2.05) is 18.9 Å². The van der Waals surface area contributed by atoms with Crippen molar-refractivity contribution >= 4 is 23.2 Å². The number of hydrazine groups is 1. The summed E-state index contributed by atoms with van der Waals surface area (Å²) in [5, 5.41) is 11.6. The first-order valence-corrected chi connectivity index (χ1v) is 9.09. The molecule has 10 heteroatoms. The Bertz CT molecular complexity index is 990. The molecule has 0 aromatic carbocycles. The minimum atomic E-state index is -0.579. The van der Waals surface area contributed by atoms with Gasteiger partial charge in [-0.3, -0.25) is 9.48 Å². The average Bonchev–Trinajstić information content (AvgIpc) is 3.31. The van der Waals surface area contributed by atoms with Crippen molar-refractivity contribution in [2.24, 2.45) is 7.05 Å². The number of aromatic nitrogens is 5. The van der Waals surface area contributed by atoms with Gasteiger partial charge in [-0.1, -0.05) is 13.8 Å². The van der Waals surface area contributed by atoms with Gasteiger partial charge in [0, 0.05) is 20.1 Å². The number of pyridine rings is 1. The Morgan fingerprint density at radius 3 is 2.57 bits per heavy atom. The highest BCUT2D eigenvalue weighted by Crippen LogP contribution is 2.22. The molecule has 28 heavy (non-hydrogen) atoms. The molecule has 148 valence electrons. The predicted octanol–water partition coefficient (Wildman–Crippen LogP) is 1.54. The number of hydrogen-bond acceptors (Lipinski definition) is 7. The van der Waals surface area contributed by atoms with Crippen LogP contribution in [-0.2, 0) is 11.8 Å². The fourth-order valence-electron chi connectivity index (χ4n) is 3.00. The number of esters is 1. The summed E-state index contributed by atoms with van der Waals surface area (Å²) in [5.74, 6) is -0.962. The second kappa shape index (κ2) is 8.17. The Hall–Kier alpha value is -3.27. The highest BCUT2D eigenvalue weighted by molar-refractivity contribution is 6.10.